The third kappa shape index (κ3) is 6.18. The van der Waals surface area contributed by atoms with Crippen molar-refractivity contribution < 1.29 is 22.6 Å². The summed E-state index contributed by atoms with van der Waals surface area (Å²) in [6.07, 6.45) is 0.993. The molecule has 0 aliphatic carbocycles. The van der Waals surface area contributed by atoms with Crippen molar-refractivity contribution in [3.8, 4) is 11.3 Å². The summed E-state index contributed by atoms with van der Waals surface area (Å²) in [5, 5.41) is 0. The van der Waals surface area contributed by atoms with Crippen LogP contribution in [0.4, 0.5) is 0 Å². The maximum atomic E-state index is 12.9. The van der Waals surface area contributed by atoms with Crippen LogP contribution in [0.25, 0.3) is 11.3 Å². The molecule has 0 saturated heterocycles. The van der Waals surface area contributed by atoms with Crippen LogP contribution in [0.5, 0.6) is 0 Å². The maximum Gasteiger partial charge on any atom is 0.306 e. The van der Waals surface area contributed by atoms with Gasteiger partial charge in [-0.1, -0.05) is 51.0 Å². The van der Waals surface area contributed by atoms with E-state index in [1.54, 1.807) is 6.20 Å². The van der Waals surface area contributed by atoms with Gasteiger partial charge in [-0.05, 0) is 23.1 Å². The fourth-order valence-corrected chi connectivity index (χ4v) is 2.46. The van der Waals surface area contributed by atoms with E-state index in [-0.39, 0.29) is 6.54 Å². The molecule has 0 fully saturated rings. The monoisotopic (exact) mass is 375 g/mol. The van der Waals surface area contributed by atoms with Gasteiger partial charge < -0.3 is 4.74 Å². The standard InChI is InChI=1S/C21H27N3O3/c1-21(2,3)17(13-19(25)27-4)20(26)24-23-14-15-8-10-16(11-9-15)18-7-5-6-12-22-18/h5-12,17,23H,13-14H2,1-4H3,(H,24,26)/t17-/m1/s1/i1D3,2D3. The van der Waals surface area contributed by atoms with E-state index < -0.39 is 43.3 Å². The van der Waals surface area contributed by atoms with Gasteiger partial charge in [0, 0.05) is 26.5 Å². The van der Waals surface area contributed by atoms with Crippen molar-refractivity contribution in [1.29, 1.82) is 0 Å². The van der Waals surface area contributed by atoms with Crippen molar-refractivity contribution >= 4 is 11.9 Å². The second-order valence-electron chi connectivity index (χ2n) is 6.29. The van der Waals surface area contributed by atoms with E-state index in [1.165, 1.54) is 0 Å². The molecule has 2 N–H and O–H groups in total. The fourth-order valence-electron chi connectivity index (χ4n) is 2.46. The van der Waals surface area contributed by atoms with Crippen LogP contribution in [0.3, 0.4) is 0 Å². The largest absolute Gasteiger partial charge is 0.469 e. The molecule has 0 aliphatic rings. The summed E-state index contributed by atoms with van der Waals surface area (Å²) in [4.78, 5) is 29.0. The van der Waals surface area contributed by atoms with Crippen molar-refractivity contribution in [3.05, 3.63) is 54.2 Å². The quantitative estimate of drug-likeness (QED) is 0.574. The Labute approximate surface area is 168 Å². The van der Waals surface area contributed by atoms with Gasteiger partial charge in [0.05, 0.1) is 25.1 Å². The van der Waals surface area contributed by atoms with E-state index in [4.69, 9.17) is 8.22 Å². The Morgan fingerprint density at radius 1 is 1.22 bits per heavy atom. The molecule has 1 aromatic carbocycles. The highest BCUT2D eigenvalue weighted by atomic mass is 16.5. The lowest BCUT2D eigenvalue weighted by molar-refractivity contribution is -0.146. The zero-order valence-corrected chi connectivity index (χ0v) is 15.3. The summed E-state index contributed by atoms with van der Waals surface area (Å²) in [6.45, 7) is -4.95. The van der Waals surface area contributed by atoms with Crippen LogP contribution in [-0.4, -0.2) is 24.0 Å². The third-order valence-corrected chi connectivity index (χ3v) is 4.03. The Morgan fingerprint density at radius 3 is 2.56 bits per heavy atom. The smallest absolute Gasteiger partial charge is 0.306 e. The van der Waals surface area contributed by atoms with Crippen molar-refractivity contribution in [2.24, 2.45) is 11.3 Å². The number of nitrogens with one attached hydrogen (secondary N) is 2. The number of pyridine rings is 1. The maximum absolute atomic E-state index is 12.9. The van der Waals surface area contributed by atoms with Crippen LogP contribution in [0.15, 0.2) is 48.7 Å². The van der Waals surface area contributed by atoms with Gasteiger partial charge in [0.2, 0.25) is 5.91 Å². The van der Waals surface area contributed by atoms with Gasteiger partial charge in [0.25, 0.3) is 0 Å². The van der Waals surface area contributed by atoms with E-state index in [9.17, 15) is 9.59 Å². The molecule has 1 heterocycles. The molecular formula is C21H27N3O3. The summed E-state index contributed by atoms with van der Waals surface area (Å²) in [6, 6.07) is 12.9. The minimum absolute atomic E-state index is 0.178. The first-order valence-electron chi connectivity index (χ1n) is 11.4. The van der Waals surface area contributed by atoms with Crippen molar-refractivity contribution in [2.75, 3.05) is 7.11 Å². The van der Waals surface area contributed by atoms with Crippen LogP contribution >= 0.6 is 0 Å². The Kier molecular flexibility index (Phi) is 4.62. The zero-order valence-electron chi connectivity index (χ0n) is 21.3. The summed E-state index contributed by atoms with van der Waals surface area (Å²) in [7, 11) is 1.08. The second kappa shape index (κ2) is 9.28. The number of nitrogens with zero attached hydrogens (tertiary/aromatic N) is 1. The molecule has 0 radical (unpaired) electrons. The Morgan fingerprint density at radius 2 is 1.96 bits per heavy atom. The van der Waals surface area contributed by atoms with Crippen LogP contribution in [0, 0.1) is 11.3 Å². The van der Waals surface area contributed by atoms with E-state index in [0.29, 0.717) is 0 Å². The minimum atomic E-state index is -3.05. The molecule has 6 heteroatoms. The first-order valence-corrected chi connectivity index (χ1v) is 8.41. The predicted molar refractivity (Wildman–Crippen MR) is 104 cm³/mol. The van der Waals surface area contributed by atoms with Crippen LogP contribution in [0.2, 0.25) is 0 Å². The number of ether oxygens (including phenoxy) is 1. The summed E-state index contributed by atoms with van der Waals surface area (Å²) >= 11 is 0. The topological polar surface area (TPSA) is 80.3 Å². The number of hydrogen-bond acceptors (Lipinski definition) is 5. The van der Waals surface area contributed by atoms with Crippen LogP contribution in [0.1, 0.15) is 40.8 Å². The highest BCUT2D eigenvalue weighted by molar-refractivity contribution is 5.84. The van der Waals surface area contributed by atoms with Gasteiger partial charge in [0.1, 0.15) is 0 Å². The lowest BCUT2D eigenvalue weighted by Crippen LogP contribution is -2.45. The molecule has 0 spiro atoms. The molecule has 2 aromatic rings. The summed E-state index contributed by atoms with van der Waals surface area (Å²) in [5.74, 6) is -3.51. The number of carbonyl (C=O) groups excluding carboxylic acids is 2. The van der Waals surface area contributed by atoms with E-state index in [1.807, 2.05) is 42.5 Å². The highest BCUT2D eigenvalue weighted by Crippen LogP contribution is 2.29. The van der Waals surface area contributed by atoms with Gasteiger partial charge in [-0.2, -0.15) is 0 Å². The van der Waals surface area contributed by atoms with Crippen molar-refractivity contribution in [3.63, 3.8) is 0 Å². The number of amides is 1. The Balaban J connectivity index is 2.14. The number of methoxy groups -OCH3 is 1. The Hall–Kier alpha value is -2.73. The molecule has 0 aliphatic heterocycles. The number of hydrazine groups is 1. The fraction of sp³-hybridized carbons (Fsp3) is 0.381. The van der Waals surface area contributed by atoms with Crippen molar-refractivity contribution in [1.82, 2.24) is 15.8 Å². The number of esters is 1. The third-order valence-electron chi connectivity index (χ3n) is 4.03. The van der Waals surface area contributed by atoms with Gasteiger partial charge in [-0.25, -0.2) is 5.43 Å². The average Bonchev–Trinajstić information content (AvgIpc) is 2.76. The summed E-state index contributed by atoms with van der Waals surface area (Å²) < 4.78 is 51.3. The van der Waals surface area contributed by atoms with Crippen LogP contribution in [-0.2, 0) is 20.9 Å². The predicted octanol–water partition coefficient (Wildman–Crippen LogP) is 3.09. The molecule has 0 unspecified atom stereocenters. The normalized spacial score (nSPS) is 16.5. The number of carbonyl (C=O) groups is 2. The SMILES string of the molecule is [2H]C([2H])([2H])C(C)([C@H](CC(=O)OC)C(=O)NNCc1ccc(-c2ccccn2)cc1)C([2H])([2H])[2H]. The van der Waals surface area contributed by atoms with E-state index in [2.05, 4.69) is 20.6 Å². The van der Waals surface area contributed by atoms with Crippen molar-refractivity contribution in [2.45, 2.75) is 33.6 Å². The molecule has 1 aromatic heterocycles. The highest BCUT2D eigenvalue weighted by Gasteiger charge is 2.33. The molecular weight excluding hydrogens is 342 g/mol. The van der Waals surface area contributed by atoms with Crippen LogP contribution < -0.4 is 10.9 Å². The zero-order chi connectivity index (χ0) is 24.9. The number of aromatic nitrogens is 1. The molecule has 6 nitrogen and oxygen atoms in total. The minimum Gasteiger partial charge on any atom is -0.469 e. The van der Waals surface area contributed by atoms with Gasteiger partial charge in [-0.3, -0.25) is 20.0 Å². The molecule has 0 saturated carbocycles. The number of benzene rings is 1. The molecule has 27 heavy (non-hydrogen) atoms. The number of hydrogen-bond donors (Lipinski definition) is 2. The van der Waals surface area contributed by atoms with E-state index >= 15 is 0 Å². The second-order valence-corrected chi connectivity index (χ2v) is 6.29. The first kappa shape index (κ1) is 13.4. The summed E-state index contributed by atoms with van der Waals surface area (Å²) in [5.41, 5.74) is 5.06. The lowest BCUT2D eigenvalue weighted by atomic mass is 9.78. The van der Waals surface area contributed by atoms with Gasteiger partial charge >= 0.3 is 5.97 Å². The molecule has 1 amide bonds. The number of rotatable bonds is 7. The Bertz CT molecular complexity index is 932. The van der Waals surface area contributed by atoms with Gasteiger partial charge in [0.15, 0.2) is 0 Å². The van der Waals surface area contributed by atoms with E-state index in [0.717, 1.165) is 30.9 Å². The molecule has 144 valence electrons. The molecule has 0 bridgehead atoms. The van der Waals surface area contributed by atoms with Gasteiger partial charge in [-0.15, -0.1) is 0 Å². The molecule has 1 atom stereocenters. The average molecular weight is 376 g/mol. The molecule has 2 rings (SSSR count). The lowest BCUT2D eigenvalue weighted by Gasteiger charge is -2.28. The first-order chi connectivity index (χ1) is 15.3.